The van der Waals surface area contributed by atoms with E-state index in [0.717, 1.165) is 12.6 Å². The summed E-state index contributed by atoms with van der Waals surface area (Å²) in [7, 11) is 1.80. The molecule has 15 heavy (non-hydrogen) atoms. The van der Waals surface area contributed by atoms with Crippen LogP contribution < -0.4 is 11.1 Å². The van der Waals surface area contributed by atoms with Crippen molar-refractivity contribution in [2.45, 2.75) is 57.1 Å². The third-order valence-corrected chi connectivity index (χ3v) is 3.24. The summed E-state index contributed by atoms with van der Waals surface area (Å²) < 4.78 is 5.24. The van der Waals surface area contributed by atoms with Crippen molar-refractivity contribution in [2.24, 2.45) is 5.73 Å². The molecule has 0 atom stereocenters. The minimum Gasteiger partial charge on any atom is -0.381 e. The second kappa shape index (κ2) is 8.08. The fourth-order valence-electron chi connectivity index (χ4n) is 2.03. The summed E-state index contributed by atoms with van der Waals surface area (Å²) in [5, 5.41) is 3.57. The number of nitrogens with two attached hydrogens (primary N) is 1. The minimum absolute atomic E-state index is 0.520. The van der Waals surface area contributed by atoms with Crippen molar-refractivity contribution in [3.63, 3.8) is 0 Å². The molecule has 3 N–H and O–H groups in total. The van der Waals surface area contributed by atoms with Crippen LogP contribution in [0.1, 0.15) is 44.9 Å². The molecule has 1 aliphatic carbocycles. The third kappa shape index (κ3) is 5.50. The molecule has 1 fully saturated rings. The van der Waals surface area contributed by atoms with E-state index in [9.17, 15) is 0 Å². The van der Waals surface area contributed by atoms with Gasteiger partial charge in [-0.1, -0.05) is 19.3 Å². The van der Waals surface area contributed by atoms with Gasteiger partial charge in [-0.3, -0.25) is 0 Å². The van der Waals surface area contributed by atoms with Gasteiger partial charge in [0.15, 0.2) is 0 Å². The van der Waals surface area contributed by atoms with Crippen LogP contribution in [0.5, 0.6) is 0 Å². The molecule has 0 aromatic carbocycles. The van der Waals surface area contributed by atoms with E-state index in [1.54, 1.807) is 7.11 Å². The van der Waals surface area contributed by atoms with Crippen molar-refractivity contribution in [3.8, 4) is 0 Å². The summed E-state index contributed by atoms with van der Waals surface area (Å²) in [4.78, 5) is 0. The first-order chi connectivity index (χ1) is 7.36. The van der Waals surface area contributed by atoms with E-state index in [0.29, 0.717) is 6.10 Å². The Bertz CT molecular complexity index is 147. The second-order valence-corrected chi connectivity index (χ2v) is 4.54. The van der Waals surface area contributed by atoms with Crippen molar-refractivity contribution in [1.82, 2.24) is 5.32 Å². The maximum absolute atomic E-state index is 5.44. The molecule has 0 heterocycles. The highest BCUT2D eigenvalue weighted by Gasteiger charge is 2.27. The highest BCUT2D eigenvalue weighted by molar-refractivity contribution is 4.85. The lowest BCUT2D eigenvalue weighted by Gasteiger charge is -2.34. The molecule has 1 aliphatic rings. The number of hydrogen-bond donors (Lipinski definition) is 2. The summed E-state index contributed by atoms with van der Waals surface area (Å²) >= 11 is 0. The van der Waals surface area contributed by atoms with Crippen LogP contribution in [-0.2, 0) is 4.74 Å². The third-order valence-electron chi connectivity index (χ3n) is 3.24. The second-order valence-electron chi connectivity index (χ2n) is 4.54. The zero-order valence-electron chi connectivity index (χ0n) is 10.0. The van der Waals surface area contributed by atoms with Crippen LogP contribution in [0.25, 0.3) is 0 Å². The molecule has 1 saturated carbocycles. The monoisotopic (exact) mass is 214 g/mol. The number of ether oxygens (including phenoxy) is 1. The number of methoxy groups -OCH3 is 1. The Morgan fingerprint density at radius 2 is 1.80 bits per heavy atom. The van der Waals surface area contributed by atoms with Gasteiger partial charge in [0.25, 0.3) is 0 Å². The maximum atomic E-state index is 5.44. The highest BCUT2D eigenvalue weighted by Crippen LogP contribution is 2.22. The zero-order chi connectivity index (χ0) is 10.9. The molecule has 0 radical (unpaired) electrons. The normalized spacial score (nSPS) is 25.2. The van der Waals surface area contributed by atoms with Gasteiger partial charge in [-0.05, 0) is 38.8 Å². The lowest BCUT2D eigenvalue weighted by molar-refractivity contribution is 0.0175. The molecule has 0 saturated heterocycles. The predicted octanol–water partition coefficient (Wildman–Crippen LogP) is 1.66. The van der Waals surface area contributed by atoms with Crippen LogP contribution in [0.4, 0.5) is 0 Å². The van der Waals surface area contributed by atoms with E-state index < -0.39 is 0 Å². The molecule has 90 valence electrons. The molecular formula is C12H26N2O. The summed E-state index contributed by atoms with van der Waals surface area (Å²) in [5.41, 5.74) is 5.44. The number of unbranched alkanes of at least 4 members (excludes halogenated alkanes) is 4. The summed E-state index contributed by atoms with van der Waals surface area (Å²) in [6.45, 7) is 2.02. The van der Waals surface area contributed by atoms with Crippen molar-refractivity contribution < 1.29 is 4.74 Å². The molecule has 0 aromatic rings. The SMILES string of the molecule is COC1CC(NCCCCCCCN)C1. The van der Waals surface area contributed by atoms with E-state index in [2.05, 4.69) is 5.32 Å². The average Bonchev–Trinajstić information content (AvgIpc) is 2.19. The van der Waals surface area contributed by atoms with Crippen molar-refractivity contribution >= 4 is 0 Å². The first-order valence-electron chi connectivity index (χ1n) is 6.33. The highest BCUT2D eigenvalue weighted by atomic mass is 16.5. The number of hydrogen-bond acceptors (Lipinski definition) is 3. The van der Waals surface area contributed by atoms with Crippen molar-refractivity contribution in [1.29, 1.82) is 0 Å². The van der Waals surface area contributed by atoms with Crippen LogP contribution in [0.2, 0.25) is 0 Å². The summed E-state index contributed by atoms with van der Waals surface area (Å²) in [6, 6.07) is 0.721. The molecule has 0 amide bonds. The molecule has 0 aliphatic heterocycles. The first kappa shape index (κ1) is 12.9. The van der Waals surface area contributed by atoms with Crippen LogP contribution in [0, 0.1) is 0 Å². The Hall–Kier alpha value is -0.120. The minimum atomic E-state index is 0.520. The van der Waals surface area contributed by atoms with Crippen LogP contribution in [0.15, 0.2) is 0 Å². The topological polar surface area (TPSA) is 47.3 Å². The standard InChI is InChI=1S/C12H26N2O/c1-15-12-9-11(10-12)14-8-6-4-2-3-5-7-13/h11-12,14H,2-10,13H2,1H3. The number of nitrogens with one attached hydrogen (secondary N) is 1. The summed E-state index contributed by atoms with van der Waals surface area (Å²) in [6.07, 6.45) is 9.38. The van der Waals surface area contributed by atoms with Gasteiger partial charge in [0.2, 0.25) is 0 Å². The van der Waals surface area contributed by atoms with Gasteiger partial charge in [0.1, 0.15) is 0 Å². The lowest BCUT2D eigenvalue weighted by Crippen LogP contribution is -2.45. The Kier molecular flexibility index (Phi) is 6.98. The Labute approximate surface area is 93.8 Å². The van der Waals surface area contributed by atoms with E-state index >= 15 is 0 Å². The smallest absolute Gasteiger partial charge is 0.0601 e. The van der Waals surface area contributed by atoms with Gasteiger partial charge in [0.05, 0.1) is 6.10 Å². The van der Waals surface area contributed by atoms with Gasteiger partial charge in [0, 0.05) is 13.2 Å². The van der Waals surface area contributed by atoms with Gasteiger partial charge in [-0.25, -0.2) is 0 Å². The largest absolute Gasteiger partial charge is 0.381 e. The van der Waals surface area contributed by atoms with Crippen molar-refractivity contribution in [3.05, 3.63) is 0 Å². The molecule has 0 unspecified atom stereocenters. The molecule has 3 heteroatoms. The predicted molar refractivity (Wildman–Crippen MR) is 64.0 cm³/mol. The Balaban J connectivity index is 1.74. The van der Waals surface area contributed by atoms with E-state index in [4.69, 9.17) is 10.5 Å². The Morgan fingerprint density at radius 3 is 2.47 bits per heavy atom. The van der Waals surface area contributed by atoms with Crippen LogP contribution in [0.3, 0.4) is 0 Å². The fourth-order valence-corrected chi connectivity index (χ4v) is 2.03. The van der Waals surface area contributed by atoms with Crippen LogP contribution >= 0.6 is 0 Å². The van der Waals surface area contributed by atoms with Gasteiger partial charge >= 0.3 is 0 Å². The maximum Gasteiger partial charge on any atom is 0.0601 e. The van der Waals surface area contributed by atoms with Crippen LogP contribution in [-0.4, -0.2) is 32.3 Å². The molecule has 3 nitrogen and oxygen atoms in total. The molecular weight excluding hydrogens is 188 g/mol. The average molecular weight is 214 g/mol. The van der Waals surface area contributed by atoms with E-state index in [1.807, 2.05) is 0 Å². The quantitative estimate of drug-likeness (QED) is 0.574. The fraction of sp³-hybridized carbons (Fsp3) is 1.00. The molecule has 0 bridgehead atoms. The van der Waals surface area contributed by atoms with Crippen molar-refractivity contribution in [2.75, 3.05) is 20.2 Å². The number of rotatable bonds is 9. The first-order valence-corrected chi connectivity index (χ1v) is 6.33. The molecule has 1 rings (SSSR count). The summed E-state index contributed by atoms with van der Waals surface area (Å²) in [5.74, 6) is 0. The molecule has 0 aromatic heterocycles. The lowest BCUT2D eigenvalue weighted by atomic mass is 9.89. The van der Waals surface area contributed by atoms with Gasteiger partial charge in [-0.2, -0.15) is 0 Å². The zero-order valence-corrected chi connectivity index (χ0v) is 10.0. The van der Waals surface area contributed by atoms with E-state index in [-0.39, 0.29) is 0 Å². The van der Waals surface area contributed by atoms with Gasteiger partial charge in [-0.15, -0.1) is 0 Å². The van der Waals surface area contributed by atoms with Gasteiger partial charge < -0.3 is 15.8 Å². The Morgan fingerprint density at radius 1 is 1.13 bits per heavy atom. The molecule has 0 spiro atoms. The van der Waals surface area contributed by atoms with E-state index in [1.165, 1.54) is 51.5 Å².